The summed E-state index contributed by atoms with van der Waals surface area (Å²) in [5, 5.41) is 12.8. The fourth-order valence-electron chi connectivity index (χ4n) is 2.26. The normalized spacial score (nSPS) is 17.3. The fourth-order valence-corrected chi connectivity index (χ4v) is 2.26. The summed E-state index contributed by atoms with van der Waals surface area (Å²) in [6.45, 7) is 2.53. The van der Waals surface area contributed by atoms with Crippen LogP contribution in [0.15, 0.2) is 16.5 Å². The zero-order valence-electron chi connectivity index (χ0n) is 12.8. The van der Waals surface area contributed by atoms with E-state index in [-0.39, 0.29) is 12.1 Å². The number of rotatable bonds is 7. The summed E-state index contributed by atoms with van der Waals surface area (Å²) in [7, 11) is 3.26. The minimum atomic E-state index is -0.438. The molecule has 2 amide bonds. The highest BCUT2D eigenvalue weighted by Crippen LogP contribution is 2.32. The third-order valence-electron chi connectivity index (χ3n) is 3.71. The highest BCUT2D eigenvalue weighted by atomic mass is 16.5. The van der Waals surface area contributed by atoms with E-state index < -0.39 is 6.10 Å². The predicted molar refractivity (Wildman–Crippen MR) is 78.0 cm³/mol. The topological polar surface area (TPSA) is 74.9 Å². The summed E-state index contributed by atoms with van der Waals surface area (Å²) in [5.41, 5.74) is 0. The Kier molecular flexibility index (Phi) is 5.25. The van der Waals surface area contributed by atoms with E-state index >= 15 is 0 Å². The van der Waals surface area contributed by atoms with E-state index in [1.165, 1.54) is 4.90 Å². The number of aliphatic hydroxyl groups is 1. The van der Waals surface area contributed by atoms with Crippen molar-refractivity contribution in [1.29, 1.82) is 0 Å². The van der Waals surface area contributed by atoms with Crippen molar-refractivity contribution in [3.8, 4) is 0 Å². The van der Waals surface area contributed by atoms with Crippen LogP contribution in [0.4, 0.5) is 4.79 Å². The van der Waals surface area contributed by atoms with E-state index in [4.69, 9.17) is 9.15 Å². The van der Waals surface area contributed by atoms with Crippen molar-refractivity contribution < 1.29 is 19.1 Å². The van der Waals surface area contributed by atoms with E-state index in [1.807, 2.05) is 19.1 Å². The number of nitrogens with zero attached hydrogens (tertiary/aromatic N) is 1. The maximum atomic E-state index is 12.2. The van der Waals surface area contributed by atoms with Crippen LogP contribution in [0.5, 0.6) is 0 Å². The Balaban J connectivity index is 1.90. The molecule has 1 saturated carbocycles. The highest BCUT2D eigenvalue weighted by Gasteiger charge is 2.31. The number of hydrogen-bond donors (Lipinski definition) is 2. The lowest BCUT2D eigenvalue weighted by Gasteiger charge is -2.24. The molecule has 6 heteroatoms. The molecule has 0 aromatic carbocycles. The maximum Gasteiger partial charge on any atom is 0.317 e. The maximum absolute atomic E-state index is 12.2. The molecule has 1 aromatic rings. The smallest absolute Gasteiger partial charge is 0.317 e. The van der Waals surface area contributed by atoms with Crippen molar-refractivity contribution in [3.05, 3.63) is 23.7 Å². The molecule has 2 unspecified atom stereocenters. The molecule has 6 nitrogen and oxygen atoms in total. The van der Waals surface area contributed by atoms with Gasteiger partial charge in [0, 0.05) is 20.7 Å². The third-order valence-corrected chi connectivity index (χ3v) is 3.71. The lowest BCUT2D eigenvalue weighted by molar-refractivity contribution is 0.108. The summed E-state index contributed by atoms with van der Waals surface area (Å²) in [6.07, 6.45) is 1.66. The second kappa shape index (κ2) is 6.95. The van der Waals surface area contributed by atoms with Crippen molar-refractivity contribution in [2.24, 2.45) is 5.92 Å². The van der Waals surface area contributed by atoms with Gasteiger partial charge in [0.05, 0.1) is 12.7 Å². The molecule has 2 rings (SSSR count). The number of aliphatic hydroxyl groups excluding tert-OH is 1. The number of aryl methyl sites for hydroxylation is 1. The molecule has 2 N–H and O–H groups in total. The lowest BCUT2D eigenvalue weighted by Crippen LogP contribution is -2.44. The molecule has 1 aromatic heterocycles. The predicted octanol–water partition coefficient (Wildman–Crippen LogP) is 1.69. The van der Waals surface area contributed by atoms with Gasteiger partial charge in [-0.1, -0.05) is 0 Å². The van der Waals surface area contributed by atoms with Crippen molar-refractivity contribution in [2.75, 3.05) is 27.3 Å². The molecule has 21 heavy (non-hydrogen) atoms. The summed E-state index contributed by atoms with van der Waals surface area (Å²) >= 11 is 0. The Morgan fingerprint density at radius 2 is 2.29 bits per heavy atom. The van der Waals surface area contributed by atoms with Gasteiger partial charge in [-0.2, -0.15) is 0 Å². The number of methoxy groups -OCH3 is 1. The standard InChI is InChI=1S/C15H24N2O4/c1-10-4-7-14(21-10)12(9-20-3)16-15(19)17(2)8-13(18)11-5-6-11/h4,7,11-13,18H,5-6,8-9H2,1-3H3,(H,16,19). The number of ether oxygens (including phenoxy) is 1. The average molecular weight is 296 g/mol. The number of hydrogen-bond acceptors (Lipinski definition) is 4. The van der Waals surface area contributed by atoms with E-state index in [0.29, 0.717) is 24.8 Å². The zero-order valence-corrected chi connectivity index (χ0v) is 12.8. The molecule has 0 aliphatic heterocycles. The first-order chi connectivity index (χ1) is 10.0. The van der Waals surface area contributed by atoms with E-state index in [0.717, 1.165) is 18.6 Å². The first-order valence-corrected chi connectivity index (χ1v) is 7.26. The van der Waals surface area contributed by atoms with Crippen LogP contribution in [0.2, 0.25) is 0 Å². The number of amides is 2. The first kappa shape index (κ1) is 15.9. The molecule has 118 valence electrons. The number of urea groups is 1. The van der Waals surface area contributed by atoms with Crippen LogP contribution in [-0.2, 0) is 4.74 Å². The van der Waals surface area contributed by atoms with Gasteiger partial charge in [-0.15, -0.1) is 0 Å². The van der Waals surface area contributed by atoms with Gasteiger partial charge in [-0.3, -0.25) is 0 Å². The molecule has 1 aliphatic rings. The van der Waals surface area contributed by atoms with Crippen molar-refractivity contribution >= 4 is 6.03 Å². The molecule has 0 radical (unpaired) electrons. The van der Waals surface area contributed by atoms with Crippen LogP contribution in [-0.4, -0.2) is 49.5 Å². The minimum absolute atomic E-state index is 0.245. The Morgan fingerprint density at radius 3 is 2.81 bits per heavy atom. The van der Waals surface area contributed by atoms with Crippen LogP contribution in [0.3, 0.4) is 0 Å². The number of carbonyl (C=O) groups excluding carboxylic acids is 1. The summed E-state index contributed by atoms with van der Waals surface area (Å²) < 4.78 is 10.7. The molecule has 0 saturated heterocycles. The van der Waals surface area contributed by atoms with E-state index in [2.05, 4.69) is 5.32 Å². The molecule has 0 bridgehead atoms. The fraction of sp³-hybridized carbons (Fsp3) is 0.667. The van der Waals surface area contributed by atoms with Crippen LogP contribution in [0.1, 0.15) is 30.4 Å². The quantitative estimate of drug-likeness (QED) is 0.803. The van der Waals surface area contributed by atoms with Gasteiger partial charge in [0.15, 0.2) is 0 Å². The second-order valence-corrected chi connectivity index (χ2v) is 5.69. The van der Waals surface area contributed by atoms with Crippen molar-refractivity contribution in [2.45, 2.75) is 31.9 Å². The summed E-state index contributed by atoms with van der Waals surface area (Å²) in [5.74, 6) is 1.81. The molecule has 1 fully saturated rings. The van der Waals surface area contributed by atoms with E-state index in [1.54, 1.807) is 14.2 Å². The molecular formula is C15H24N2O4. The SMILES string of the molecule is COCC(NC(=O)N(C)CC(O)C1CC1)c1ccc(C)o1. The summed E-state index contributed by atoms with van der Waals surface area (Å²) in [6, 6.07) is 3.10. The van der Waals surface area contributed by atoms with Gasteiger partial charge in [-0.25, -0.2) is 4.79 Å². The highest BCUT2D eigenvalue weighted by molar-refractivity contribution is 5.74. The second-order valence-electron chi connectivity index (χ2n) is 5.69. The van der Waals surface area contributed by atoms with Crippen LogP contribution in [0.25, 0.3) is 0 Å². The van der Waals surface area contributed by atoms with Crippen molar-refractivity contribution in [3.63, 3.8) is 0 Å². The average Bonchev–Trinajstić information content (AvgIpc) is 3.20. The Labute approximate surface area is 125 Å². The zero-order chi connectivity index (χ0) is 15.4. The number of likely N-dealkylation sites (N-methyl/N-ethyl adjacent to an activating group) is 1. The lowest BCUT2D eigenvalue weighted by atomic mass is 10.2. The van der Waals surface area contributed by atoms with Gasteiger partial charge in [0.2, 0.25) is 0 Å². The number of carbonyl (C=O) groups is 1. The number of nitrogens with one attached hydrogen (secondary N) is 1. The first-order valence-electron chi connectivity index (χ1n) is 7.26. The van der Waals surface area contributed by atoms with E-state index in [9.17, 15) is 9.90 Å². The van der Waals surface area contributed by atoms with Crippen LogP contribution >= 0.6 is 0 Å². The Morgan fingerprint density at radius 1 is 1.57 bits per heavy atom. The van der Waals surface area contributed by atoms with Gasteiger partial charge in [0.25, 0.3) is 0 Å². The molecule has 0 spiro atoms. The van der Waals surface area contributed by atoms with Crippen LogP contribution in [0, 0.1) is 12.8 Å². The Hall–Kier alpha value is -1.53. The van der Waals surface area contributed by atoms with Gasteiger partial charge < -0.3 is 24.5 Å². The molecule has 1 heterocycles. The van der Waals surface area contributed by atoms with Gasteiger partial charge in [-0.05, 0) is 37.8 Å². The van der Waals surface area contributed by atoms with Crippen molar-refractivity contribution in [1.82, 2.24) is 10.2 Å². The monoisotopic (exact) mass is 296 g/mol. The third kappa shape index (κ3) is 4.47. The minimum Gasteiger partial charge on any atom is -0.464 e. The molecule has 1 aliphatic carbocycles. The molecular weight excluding hydrogens is 272 g/mol. The molecule has 2 atom stereocenters. The number of furan rings is 1. The van der Waals surface area contributed by atoms with Gasteiger partial charge >= 0.3 is 6.03 Å². The Bertz CT molecular complexity index is 470. The van der Waals surface area contributed by atoms with Gasteiger partial charge in [0.1, 0.15) is 17.6 Å². The summed E-state index contributed by atoms with van der Waals surface area (Å²) in [4.78, 5) is 13.7. The largest absolute Gasteiger partial charge is 0.464 e. The van der Waals surface area contributed by atoms with Crippen LogP contribution < -0.4 is 5.32 Å².